The molecule has 13 rings (SSSR count). The van der Waals surface area contributed by atoms with Crippen LogP contribution in [0.3, 0.4) is 0 Å². The topological polar surface area (TPSA) is 60.7 Å². The maximum Gasteiger partial charge on any atom is 0.102 e. The lowest BCUT2D eigenvalue weighted by molar-refractivity contribution is 0.742. The van der Waals surface area contributed by atoms with Crippen LogP contribution in [-0.2, 0) is 0 Å². The van der Waals surface area contributed by atoms with Gasteiger partial charge in [0.2, 0.25) is 0 Å². The quantitative estimate of drug-likeness (QED) is 0.178. The van der Waals surface area contributed by atoms with Crippen molar-refractivity contribution in [2.24, 2.45) is 0 Å². The monoisotopic (exact) mass is 801 g/mol. The number of hydrogen-bond donors (Lipinski definition) is 0. The fourth-order valence-electron chi connectivity index (χ4n) is 10.8. The van der Waals surface area contributed by atoms with Gasteiger partial charge in [-0.05, 0) is 75.1 Å². The van der Waals surface area contributed by atoms with Gasteiger partial charge in [-0.3, -0.25) is 0 Å². The van der Waals surface area contributed by atoms with Crippen LogP contribution in [0.2, 0.25) is 0 Å². The Hall–Kier alpha value is -8.64. The van der Waals surface area contributed by atoms with Crippen LogP contribution in [0, 0.1) is 22.7 Å². The second kappa shape index (κ2) is 13.4. The summed E-state index contributed by atoms with van der Waals surface area (Å²) in [5.74, 6) is 0.0165. The number of anilines is 2. The van der Waals surface area contributed by atoms with E-state index < -0.39 is 0 Å². The van der Waals surface area contributed by atoms with Crippen molar-refractivity contribution >= 4 is 76.5 Å². The van der Waals surface area contributed by atoms with E-state index in [1.54, 1.807) is 0 Å². The number of rotatable bonds is 4. The number of allylic oxidation sites excluding steroid dienone is 2. The van der Waals surface area contributed by atoms with Crippen molar-refractivity contribution in [1.29, 1.82) is 10.5 Å². The predicted molar refractivity (Wildman–Crippen MR) is 258 cm³/mol. The first kappa shape index (κ1) is 35.1. The molecule has 0 spiro atoms. The highest BCUT2D eigenvalue weighted by molar-refractivity contribution is 6.14. The summed E-state index contributed by atoms with van der Waals surface area (Å²) in [7, 11) is 0. The second-order valence-electron chi connectivity index (χ2n) is 16.6. The standard InChI is InChI=1S/C58H35N5/c59-34-47-55(40-30-29-36-15-1-2-16-37(36)31-40)48(35-60)57(62-51-26-12-7-21-43(51)44-22-8-13-27-52(44)62)58(56(47)61-49-24-10-5-19-41(49)42-20-6-11-25-50(42)61)63-53-28-14-9-23-45(53)46-32-38-17-3-4-18-39(38)33-54(46)63/h1-33,45,53H. The normalized spacial score (nSPS) is 15.4. The highest BCUT2D eigenvalue weighted by atomic mass is 15.2. The van der Waals surface area contributed by atoms with Gasteiger partial charge in [-0.1, -0.05) is 158 Å². The Bertz CT molecular complexity index is 3660. The number of benzene rings is 9. The number of para-hydroxylation sites is 4. The summed E-state index contributed by atoms with van der Waals surface area (Å²) in [4.78, 5) is 2.45. The molecule has 5 nitrogen and oxygen atoms in total. The van der Waals surface area contributed by atoms with Crippen molar-refractivity contribution in [2.75, 3.05) is 4.90 Å². The van der Waals surface area contributed by atoms with Gasteiger partial charge in [0.05, 0.1) is 56.3 Å². The minimum absolute atomic E-state index is 0.0165. The zero-order valence-corrected chi connectivity index (χ0v) is 33.9. The highest BCUT2D eigenvalue weighted by Gasteiger charge is 2.43. The van der Waals surface area contributed by atoms with Crippen LogP contribution in [0.5, 0.6) is 0 Å². The van der Waals surface area contributed by atoms with E-state index >= 15 is 0 Å². The molecule has 2 atom stereocenters. The fraction of sp³-hybridized carbons (Fsp3) is 0.0345. The first-order chi connectivity index (χ1) is 31.2. The molecule has 0 saturated heterocycles. The van der Waals surface area contributed by atoms with E-state index in [0.29, 0.717) is 16.7 Å². The molecule has 0 bridgehead atoms. The average molecular weight is 802 g/mol. The maximum atomic E-state index is 12.0. The van der Waals surface area contributed by atoms with Gasteiger partial charge in [-0.25, -0.2) is 0 Å². The van der Waals surface area contributed by atoms with Crippen LogP contribution < -0.4 is 4.90 Å². The van der Waals surface area contributed by atoms with E-state index in [1.165, 1.54) is 10.9 Å². The Morgan fingerprint density at radius 3 is 1.38 bits per heavy atom. The number of aromatic nitrogens is 2. The van der Waals surface area contributed by atoms with Crippen molar-refractivity contribution in [2.45, 2.75) is 12.0 Å². The van der Waals surface area contributed by atoms with E-state index in [9.17, 15) is 10.5 Å². The van der Waals surface area contributed by atoms with Gasteiger partial charge >= 0.3 is 0 Å². The summed E-state index contributed by atoms with van der Waals surface area (Å²) >= 11 is 0. The second-order valence-corrected chi connectivity index (χ2v) is 16.6. The van der Waals surface area contributed by atoms with Gasteiger partial charge in [0.1, 0.15) is 12.1 Å². The Labute approximate surface area is 363 Å². The molecule has 5 heteroatoms. The Morgan fingerprint density at radius 1 is 0.413 bits per heavy atom. The highest BCUT2D eigenvalue weighted by Crippen LogP contribution is 2.56. The molecule has 11 aromatic rings. The number of fused-ring (bicyclic) bond motifs is 11. The third-order valence-corrected chi connectivity index (χ3v) is 13.4. The van der Waals surface area contributed by atoms with Gasteiger partial charge in [0.15, 0.2) is 0 Å². The van der Waals surface area contributed by atoms with Crippen molar-refractivity contribution in [3.8, 4) is 34.6 Å². The van der Waals surface area contributed by atoms with Gasteiger partial charge in [0.25, 0.3) is 0 Å². The summed E-state index contributed by atoms with van der Waals surface area (Å²) in [5.41, 5.74) is 10.7. The molecule has 0 amide bonds. The van der Waals surface area contributed by atoms with Crippen LogP contribution in [-0.4, -0.2) is 15.2 Å². The molecule has 9 aromatic carbocycles. The minimum atomic E-state index is -0.162. The lowest BCUT2D eigenvalue weighted by Crippen LogP contribution is -2.31. The fourth-order valence-corrected chi connectivity index (χ4v) is 10.8. The molecular formula is C58H35N5. The maximum absolute atomic E-state index is 12.0. The predicted octanol–water partition coefficient (Wildman–Crippen LogP) is 14.3. The van der Waals surface area contributed by atoms with Gasteiger partial charge in [-0.15, -0.1) is 0 Å². The van der Waals surface area contributed by atoms with Gasteiger partial charge in [0, 0.05) is 38.7 Å². The average Bonchev–Trinajstić information content (AvgIpc) is 3.97. The Balaban J connectivity index is 1.32. The summed E-state index contributed by atoms with van der Waals surface area (Å²) in [5, 5.41) is 32.8. The van der Waals surface area contributed by atoms with Crippen LogP contribution in [0.1, 0.15) is 22.6 Å². The third kappa shape index (κ3) is 4.91. The summed E-state index contributed by atoms with van der Waals surface area (Å²) in [6.07, 6.45) is 8.88. The van der Waals surface area contributed by atoms with Gasteiger partial charge < -0.3 is 14.0 Å². The number of hydrogen-bond acceptors (Lipinski definition) is 3. The molecule has 2 aliphatic rings. The lowest BCUT2D eigenvalue weighted by Gasteiger charge is -2.35. The van der Waals surface area contributed by atoms with Crippen LogP contribution in [0.15, 0.2) is 200 Å². The molecule has 292 valence electrons. The minimum Gasteiger partial charge on any atom is -0.330 e. The molecule has 0 fully saturated rings. The van der Waals surface area contributed by atoms with Crippen molar-refractivity contribution in [3.63, 3.8) is 0 Å². The first-order valence-corrected chi connectivity index (χ1v) is 21.4. The van der Waals surface area contributed by atoms with Crippen LogP contribution in [0.4, 0.5) is 11.4 Å². The third-order valence-electron chi connectivity index (χ3n) is 13.4. The zero-order valence-electron chi connectivity index (χ0n) is 33.9. The molecule has 63 heavy (non-hydrogen) atoms. The SMILES string of the molecule is N#Cc1c(-c2ccc3ccccc3c2)c(C#N)c(-n2c3ccccc3c3ccccc32)c(N2c3cc4ccccc4cc3C3C=CC=CC32)c1-n1c2ccccc2c2ccccc21. The summed E-state index contributed by atoms with van der Waals surface area (Å²) < 4.78 is 4.61. The lowest BCUT2D eigenvalue weighted by atomic mass is 9.88. The first-order valence-electron chi connectivity index (χ1n) is 21.4. The van der Waals surface area contributed by atoms with E-state index in [-0.39, 0.29) is 12.0 Å². The van der Waals surface area contributed by atoms with E-state index in [4.69, 9.17) is 0 Å². The molecule has 0 saturated carbocycles. The van der Waals surface area contributed by atoms with E-state index in [1.807, 2.05) is 12.1 Å². The molecule has 1 aliphatic carbocycles. The molecule has 0 radical (unpaired) electrons. The Kier molecular flexibility index (Phi) is 7.49. The van der Waals surface area contributed by atoms with Crippen molar-refractivity contribution in [3.05, 3.63) is 217 Å². The Morgan fingerprint density at radius 2 is 0.857 bits per heavy atom. The smallest absolute Gasteiger partial charge is 0.102 e. The molecule has 2 unspecified atom stereocenters. The van der Waals surface area contributed by atoms with Crippen LogP contribution in [0.25, 0.3) is 87.7 Å². The van der Waals surface area contributed by atoms with E-state index in [2.05, 4.69) is 214 Å². The molecule has 3 heterocycles. The number of nitriles is 2. The zero-order chi connectivity index (χ0) is 41.8. The largest absolute Gasteiger partial charge is 0.330 e. The molecule has 0 N–H and O–H groups in total. The van der Waals surface area contributed by atoms with Crippen LogP contribution >= 0.6 is 0 Å². The van der Waals surface area contributed by atoms with Gasteiger partial charge in [-0.2, -0.15) is 10.5 Å². The van der Waals surface area contributed by atoms with E-state index in [0.717, 1.165) is 88.1 Å². The molecular weight excluding hydrogens is 767 g/mol. The summed E-state index contributed by atoms with van der Waals surface area (Å²) in [6, 6.07) is 67.2. The van der Waals surface area contributed by atoms with Crippen molar-refractivity contribution in [1.82, 2.24) is 9.13 Å². The summed E-state index contributed by atoms with van der Waals surface area (Å²) in [6.45, 7) is 0. The molecule has 1 aliphatic heterocycles. The molecule has 2 aromatic heterocycles. The van der Waals surface area contributed by atoms with Crippen molar-refractivity contribution < 1.29 is 0 Å². The number of nitrogens with zero attached hydrogens (tertiary/aromatic N) is 5.